The summed E-state index contributed by atoms with van der Waals surface area (Å²) in [6.07, 6.45) is 5.39. The topological polar surface area (TPSA) is 71.3 Å². The van der Waals surface area contributed by atoms with Gasteiger partial charge in [-0.1, -0.05) is 35.6 Å². The molecule has 5 heterocycles. The Labute approximate surface area is 205 Å². The van der Waals surface area contributed by atoms with Gasteiger partial charge in [-0.25, -0.2) is 9.67 Å². The van der Waals surface area contributed by atoms with Crippen LogP contribution in [-0.2, 0) is 17.8 Å². The van der Waals surface area contributed by atoms with Crippen LogP contribution >= 0.6 is 22.7 Å². The van der Waals surface area contributed by atoms with E-state index in [9.17, 15) is 9.59 Å². The second-order valence-electron chi connectivity index (χ2n) is 8.79. The number of para-hydroxylation sites is 1. The first-order valence-electron chi connectivity index (χ1n) is 11.8. The zero-order valence-corrected chi connectivity index (χ0v) is 20.4. The van der Waals surface area contributed by atoms with Gasteiger partial charge in [-0.2, -0.15) is 5.10 Å². The van der Waals surface area contributed by atoms with Crippen molar-refractivity contribution in [2.45, 2.75) is 38.6 Å². The maximum absolute atomic E-state index is 13.5. The van der Waals surface area contributed by atoms with Crippen LogP contribution in [-0.4, -0.2) is 40.3 Å². The summed E-state index contributed by atoms with van der Waals surface area (Å²) in [4.78, 5) is 36.7. The number of thiophene rings is 1. The highest BCUT2D eigenvalue weighted by Gasteiger charge is 2.26. The van der Waals surface area contributed by atoms with Gasteiger partial charge in [0, 0.05) is 25.3 Å². The van der Waals surface area contributed by atoms with Crippen LogP contribution in [0.4, 0.5) is 10.8 Å². The van der Waals surface area contributed by atoms with Crippen LogP contribution in [0.1, 0.15) is 31.2 Å². The zero-order chi connectivity index (χ0) is 23.1. The zero-order valence-electron chi connectivity index (χ0n) is 18.8. The number of aromatic nitrogens is 3. The Morgan fingerprint density at radius 2 is 1.85 bits per heavy atom. The van der Waals surface area contributed by atoms with E-state index < -0.39 is 0 Å². The number of nitrogens with zero attached hydrogens (tertiary/aromatic N) is 5. The largest absolute Gasteiger partial charge is 0.348 e. The van der Waals surface area contributed by atoms with Crippen molar-refractivity contribution in [1.29, 1.82) is 0 Å². The van der Waals surface area contributed by atoms with E-state index in [-0.39, 0.29) is 18.0 Å². The summed E-state index contributed by atoms with van der Waals surface area (Å²) in [5.74, 6) is -0.121. The van der Waals surface area contributed by atoms with Crippen molar-refractivity contribution in [3.05, 3.63) is 57.7 Å². The first-order chi connectivity index (χ1) is 16.7. The Morgan fingerprint density at radius 3 is 2.68 bits per heavy atom. The first kappa shape index (κ1) is 21.5. The summed E-state index contributed by atoms with van der Waals surface area (Å²) < 4.78 is 2.12. The summed E-state index contributed by atoms with van der Waals surface area (Å²) >= 11 is 3.12. The van der Waals surface area contributed by atoms with Gasteiger partial charge in [0.25, 0.3) is 5.56 Å². The molecule has 1 fully saturated rings. The maximum Gasteiger partial charge on any atom is 0.294 e. The SMILES string of the molecule is O=C(Cn1nc(-c2cccs2)c2sc(N3CCCCC3)nc2c1=O)N1CCCc2ccccc21. The number of rotatable bonds is 4. The fourth-order valence-electron chi connectivity index (χ4n) is 4.86. The molecule has 0 atom stereocenters. The van der Waals surface area contributed by atoms with Crippen LogP contribution in [0.15, 0.2) is 46.6 Å². The molecular formula is C25H25N5O2S2. The average molecular weight is 492 g/mol. The molecule has 2 aliphatic heterocycles. The highest BCUT2D eigenvalue weighted by Crippen LogP contribution is 2.36. The predicted molar refractivity (Wildman–Crippen MR) is 138 cm³/mol. The van der Waals surface area contributed by atoms with E-state index in [0.717, 1.165) is 64.9 Å². The van der Waals surface area contributed by atoms with Gasteiger partial charge in [-0.3, -0.25) is 9.59 Å². The molecule has 34 heavy (non-hydrogen) atoms. The molecule has 7 nitrogen and oxygen atoms in total. The minimum Gasteiger partial charge on any atom is -0.348 e. The van der Waals surface area contributed by atoms with E-state index in [0.29, 0.717) is 12.1 Å². The third kappa shape index (κ3) is 3.82. The van der Waals surface area contributed by atoms with Crippen molar-refractivity contribution in [2.75, 3.05) is 29.4 Å². The van der Waals surface area contributed by atoms with E-state index in [1.54, 1.807) is 16.2 Å². The molecule has 174 valence electrons. The number of amides is 1. The molecular weight excluding hydrogens is 466 g/mol. The van der Waals surface area contributed by atoms with E-state index in [1.165, 1.54) is 28.0 Å². The minimum atomic E-state index is -0.298. The van der Waals surface area contributed by atoms with Crippen molar-refractivity contribution in [2.24, 2.45) is 0 Å². The standard InChI is InChI=1S/C25H25N5O2S2/c31-20(29-14-6-9-17-8-2-3-10-18(17)29)16-30-24(32)22-23(21(27-30)19-11-7-15-33-19)34-25(26-22)28-12-4-1-5-13-28/h2-3,7-8,10-11,15H,1,4-6,9,12-14,16H2. The first-order valence-corrected chi connectivity index (χ1v) is 13.5. The van der Waals surface area contributed by atoms with E-state index in [1.807, 2.05) is 35.7 Å². The van der Waals surface area contributed by atoms with Crippen molar-refractivity contribution in [3.63, 3.8) is 0 Å². The molecule has 4 aromatic rings. The molecule has 1 saturated heterocycles. The molecule has 9 heteroatoms. The van der Waals surface area contributed by atoms with Gasteiger partial charge in [0.2, 0.25) is 5.91 Å². The van der Waals surface area contributed by atoms with Gasteiger partial charge in [-0.05, 0) is 55.2 Å². The Morgan fingerprint density at radius 1 is 1.00 bits per heavy atom. The number of thiazole rings is 1. The Hall–Kier alpha value is -3.04. The van der Waals surface area contributed by atoms with Crippen LogP contribution in [0.25, 0.3) is 20.8 Å². The Kier molecular flexibility index (Phi) is 5.66. The van der Waals surface area contributed by atoms with E-state index in [2.05, 4.69) is 11.0 Å². The van der Waals surface area contributed by atoms with Gasteiger partial charge in [0.05, 0.1) is 9.58 Å². The van der Waals surface area contributed by atoms with Crippen LogP contribution < -0.4 is 15.4 Å². The number of carbonyl (C=O) groups excluding carboxylic acids is 1. The molecule has 0 aliphatic carbocycles. The summed E-state index contributed by atoms with van der Waals surface area (Å²) in [5, 5.41) is 7.59. The molecule has 3 aromatic heterocycles. The summed E-state index contributed by atoms with van der Waals surface area (Å²) in [5.41, 5.74) is 2.96. The number of benzene rings is 1. The van der Waals surface area contributed by atoms with E-state index >= 15 is 0 Å². The molecule has 0 N–H and O–H groups in total. The molecule has 1 aromatic carbocycles. The maximum atomic E-state index is 13.5. The fourth-order valence-corrected chi connectivity index (χ4v) is 6.74. The molecule has 2 aliphatic rings. The lowest BCUT2D eigenvalue weighted by Crippen LogP contribution is -2.40. The third-order valence-corrected chi connectivity index (χ3v) is 8.57. The van der Waals surface area contributed by atoms with Gasteiger partial charge < -0.3 is 9.80 Å². The monoisotopic (exact) mass is 491 g/mol. The van der Waals surface area contributed by atoms with Crippen LogP contribution in [0, 0.1) is 0 Å². The van der Waals surface area contributed by atoms with Gasteiger partial charge in [0.15, 0.2) is 10.6 Å². The number of anilines is 2. The summed E-state index contributed by atoms with van der Waals surface area (Å²) in [6.45, 7) is 2.48. The lowest BCUT2D eigenvalue weighted by Gasteiger charge is -2.29. The quantitative estimate of drug-likeness (QED) is 0.419. The van der Waals surface area contributed by atoms with Crippen molar-refractivity contribution in [3.8, 4) is 10.6 Å². The van der Waals surface area contributed by atoms with Gasteiger partial charge >= 0.3 is 0 Å². The second-order valence-corrected chi connectivity index (χ2v) is 10.7. The van der Waals surface area contributed by atoms with Crippen LogP contribution in [0.5, 0.6) is 0 Å². The van der Waals surface area contributed by atoms with Crippen molar-refractivity contribution < 1.29 is 4.79 Å². The summed E-state index contributed by atoms with van der Waals surface area (Å²) in [6, 6.07) is 12.0. The predicted octanol–water partition coefficient (Wildman–Crippen LogP) is 4.55. The highest BCUT2D eigenvalue weighted by atomic mass is 32.1. The highest BCUT2D eigenvalue weighted by molar-refractivity contribution is 7.23. The summed E-state index contributed by atoms with van der Waals surface area (Å²) in [7, 11) is 0. The van der Waals surface area contributed by atoms with Crippen molar-refractivity contribution in [1.82, 2.24) is 14.8 Å². The molecule has 0 saturated carbocycles. The molecule has 0 radical (unpaired) electrons. The van der Waals surface area contributed by atoms with Gasteiger partial charge in [-0.15, -0.1) is 11.3 Å². The van der Waals surface area contributed by atoms with Crippen molar-refractivity contribution >= 4 is 49.6 Å². The fraction of sp³-hybridized carbons (Fsp3) is 0.360. The lowest BCUT2D eigenvalue weighted by atomic mass is 10.0. The van der Waals surface area contributed by atoms with Gasteiger partial charge in [0.1, 0.15) is 12.2 Å². The molecule has 0 unspecified atom stereocenters. The minimum absolute atomic E-state index is 0.0991. The van der Waals surface area contributed by atoms with Crippen LogP contribution in [0.2, 0.25) is 0 Å². The Balaban J connectivity index is 1.41. The molecule has 0 bridgehead atoms. The number of hydrogen-bond donors (Lipinski definition) is 0. The number of hydrogen-bond acceptors (Lipinski definition) is 7. The number of carbonyl (C=O) groups is 1. The molecule has 0 spiro atoms. The smallest absolute Gasteiger partial charge is 0.294 e. The molecule has 6 rings (SSSR count). The number of fused-ring (bicyclic) bond motifs is 2. The van der Waals surface area contributed by atoms with Crippen LogP contribution in [0.3, 0.4) is 0 Å². The Bertz CT molecular complexity index is 1400. The average Bonchev–Trinajstić information content (AvgIpc) is 3.57. The number of aryl methyl sites for hydroxylation is 1. The van der Waals surface area contributed by atoms with E-state index in [4.69, 9.17) is 10.1 Å². The second kappa shape index (κ2) is 8.96. The normalized spacial score (nSPS) is 16.1. The molecule has 1 amide bonds. The lowest BCUT2D eigenvalue weighted by molar-refractivity contribution is -0.119. The number of piperidine rings is 1. The third-order valence-electron chi connectivity index (χ3n) is 6.57.